The number of rotatable bonds is 7. The van der Waals surface area contributed by atoms with Crippen LogP contribution in [0.1, 0.15) is 37.8 Å². The van der Waals surface area contributed by atoms with Gasteiger partial charge in [-0.25, -0.2) is 0 Å². The van der Waals surface area contributed by atoms with E-state index in [1.54, 1.807) is 0 Å². The van der Waals surface area contributed by atoms with E-state index in [9.17, 15) is 9.59 Å². The Morgan fingerprint density at radius 1 is 1.05 bits per heavy atom. The molecule has 5 nitrogen and oxygen atoms in total. The minimum absolute atomic E-state index is 0.165. The molecule has 0 aliphatic rings. The van der Waals surface area contributed by atoms with Crippen molar-refractivity contribution in [3.8, 4) is 0 Å². The Kier molecular flexibility index (Phi) is 9.05. The molecule has 21 heavy (non-hydrogen) atoms. The van der Waals surface area contributed by atoms with Crippen molar-refractivity contribution in [1.82, 2.24) is 0 Å². The van der Waals surface area contributed by atoms with Crippen LogP contribution in [-0.4, -0.2) is 28.2 Å². The van der Waals surface area contributed by atoms with Crippen molar-refractivity contribution < 1.29 is 19.8 Å². The van der Waals surface area contributed by atoms with E-state index in [0.29, 0.717) is 6.42 Å². The quantitative estimate of drug-likeness (QED) is 0.717. The molecular weight excluding hydrogens is 270 g/mol. The molecule has 0 saturated carbocycles. The monoisotopic (exact) mass is 295 g/mol. The lowest BCUT2D eigenvalue weighted by Gasteiger charge is -2.14. The summed E-state index contributed by atoms with van der Waals surface area (Å²) >= 11 is 0. The first-order valence-electron chi connectivity index (χ1n) is 7.17. The van der Waals surface area contributed by atoms with Crippen LogP contribution in [0.5, 0.6) is 0 Å². The standard InChI is InChI=1S/C14H19NO4.C2H6/c1-9-2-4-10(5-3-9)8-11(13(16)17)6-7-12(15)14(18)19;1-2/h2-5,11-12H,6-8,15H2,1H3,(H,16,17)(H,18,19);1-2H3. The summed E-state index contributed by atoms with van der Waals surface area (Å²) in [6.45, 7) is 5.96. The van der Waals surface area contributed by atoms with Crippen molar-refractivity contribution in [2.24, 2.45) is 11.7 Å². The molecule has 118 valence electrons. The molecule has 2 unspecified atom stereocenters. The first-order chi connectivity index (χ1) is 9.90. The topological polar surface area (TPSA) is 101 Å². The Bertz CT molecular complexity index is 442. The van der Waals surface area contributed by atoms with Crippen LogP contribution >= 0.6 is 0 Å². The van der Waals surface area contributed by atoms with Crippen molar-refractivity contribution >= 4 is 11.9 Å². The summed E-state index contributed by atoms with van der Waals surface area (Å²) in [6, 6.07) is 6.64. The van der Waals surface area contributed by atoms with Crippen LogP contribution in [0.3, 0.4) is 0 Å². The van der Waals surface area contributed by atoms with E-state index in [-0.39, 0.29) is 12.8 Å². The summed E-state index contributed by atoms with van der Waals surface area (Å²) in [5, 5.41) is 17.8. The Labute approximate surface area is 125 Å². The number of aryl methyl sites for hydroxylation is 1. The van der Waals surface area contributed by atoms with Gasteiger partial charge in [0, 0.05) is 0 Å². The van der Waals surface area contributed by atoms with E-state index in [1.807, 2.05) is 45.0 Å². The van der Waals surface area contributed by atoms with E-state index in [2.05, 4.69) is 0 Å². The molecule has 4 N–H and O–H groups in total. The number of carboxylic acids is 2. The number of hydrogen-bond donors (Lipinski definition) is 3. The number of carboxylic acid groups (broad SMARTS) is 2. The van der Waals surface area contributed by atoms with Gasteiger partial charge in [0.05, 0.1) is 5.92 Å². The van der Waals surface area contributed by atoms with Crippen molar-refractivity contribution in [3.05, 3.63) is 35.4 Å². The fourth-order valence-electron chi connectivity index (χ4n) is 1.83. The molecule has 0 spiro atoms. The van der Waals surface area contributed by atoms with E-state index in [1.165, 1.54) is 0 Å². The molecule has 0 aromatic heterocycles. The molecule has 0 heterocycles. The van der Waals surface area contributed by atoms with Crippen molar-refractivity contribution in [2.75, 3.05) is 0 Å². The van der Waals surface area contributed by atoms with Gasteiger partial charge in [0.2, 0.25) is 0 Å². The van der Waals surface area contributed by atoms with Crippen molar-refractivity contribution in [3.63, 3.8) is 0 Å². The van der Waals surface area contributed by atoms with Gasteiger partial charge in [-0.3, -0.25) is 9.59 Å². The molecule has 0 bridgehead atoms. The second kappa shape index (κ2) is 9.94. The summed E-state index contributed by atoms with van der Waals surface area (Å²) in [5.41, 5.74) is 7.43. The smallest absolute Gasteiger partial charge is 0.320 e. The fraction of sp³-hybridized carbons (Fsp3) is 0.500. The van der Waals surface area contributed by atoms with Crippen LogP contribution in [0.4, 0.5) is 0 Å². The zero-order chi connectivity index (χ0) is 16.4. The van der Waals surface area contributed by atoms with Gasteiger partial charge in [-0.05, 0) is 31.7 Å². The number of benzene rings is 1. The summed E-state index contributed by atoms with van der Waals surface area (Å²) in [4.78, 5) is 21.8. The zero-order valence-electron chi connectivity index (χ0n) is 12.9. The zero-order valence-corrected chi connectivity index (χ0v) is 12.9. The Morgan fingerprint density at radius 3 is 2.00 bits per heavy atom. The first-order valence-corrected chi connectivity index (χ1v) is 7.17. The third-order valence-electron chi connectivity index (χ3n) is 3.10. The molecule has 5 heteroatoms. The van der Waals surface area contributed by atoms with Crippen LogP contribution in [0.2, 0.25) is 0 Å². The van der Waals surface area contributed by atoms with Crippen molar-refractivity contribution in [2.45, 2.75) is 46.1 Å². The summed E-state index contributed by atoms with van der Waals surface area (Å²) in [5.74, 6) is -2.62. The van der Waals surface area contributed by atoms with Gasteiger partial charge in [-0.2, -0.15) is 0 Å². The average Bonchev–Trinajstić information content (AvgIpc) is 2.46. The maximum absolute atomic E-state index is 11.2. The number of aliphatic carboxylic acids is 2. The molecule has 0 amide bonds. The lowest BCUT2D eigenvalue weighted by Crippen LogP contribution is -2.31. The predicted octanol–water partition coefficient (Wildman–Crippen LogP) is 2.46. The van der Waals surface area contributed by atoms with Crippen molar-refractivity contribution in [1.29, 1.82) is 0 Å². The summed E-state index contributed by atoms with van der Waals surface area (Å²) in [6.07, 6.45) is 0.816. The average molecular weight is 295 g/mol. The highest BCUT2D eigenvalue weighted by Crippen LogP contribution is 2.16. The molecule has 2 atom stereocenters. The third-order valence-corrected chi connectivity index (χ3v) is 3.10. The Balaban J connectivity index is 0.00000191. The molecule has 0 aliphatic heterocycles. The van der Waals surface area contributed by atoms with E-state index >= 15 is 0 Å². The van der Waals surface area contributed by atoms with E-state index < -0.39 is 23.9 Å². The van der Waals surface area contributed by atoms with Gasteiger partial charge < -0.3 is 15.9 Å². The maximum atomic E-state index is 11.2. The molecular formula is C16H25NO4. The summed E-state index contributed by atoms with van der Waals surface area (Å²) < 4.78 is 0. The molecule has 0 saturated heterocycles. The van der Waals surface area contributed by atoms with Gasteiger partial charge in [0.25, 0.3) is 0 Å². The van der Waals surface area contributed by atoms with E-state index in [0.717, 1.165) is 11.1 Å². The Morgan fingerprint density at radius 2 is 1.57 bits per heavy atom. The predicted molar refractivity (Wildman–Crippen MR) is 82.2 cm³/mol. The van der Waals surface area contributed by atoms with Gasteiger partial charge >= 0.3 is 11.9 Å². The highest BCUT2D eigenvalue weighted by molar-refractivity contribution is 5.73. The second-order valence-electron chi connectivity index (χ2n) is 4.75. The number of nitrogens with two attached hydrogens (primary N) is 1. The Hall–Kier alpha value is -1.88. The molecule has 0 radical (unpaired) electrons. The van der Waals surface area contributed by atoms with Gasteiger partial charge in [-0.1, -0.05) is 43.7 Å². The molecule has 1 rings (SSSR count). The highest BCUT2D eigenvalue weighted by atomic mass is 16.4. The first kappa shape index (κ1) is 19.1. The number of carbonyl (C=O) groups is 2. The van der Waals surface area contributed by atoms with E-state index in [4.69, 9.17) is 15.9 Å². The second-order valence-corrected chi connectivity index (χ2v) is 4.75. The largest absolute Gasteiger partial charge is 0.481 e. The van der Waals surface area contributed by atoms with Crippen LogP contribution in [0.15, 0.2) is 24.3 Å². The fourth-order valence-corrected chi connectivity index (χ4v) is 1.83. The molecule has 1 aromatic carbocycles. The normalized spacial score (nSPS) is 12.8. The van der Waals surface area contributed by atoms with Crippen LogP contribution in [0.25, 0.3) is 0 Å². The highest BCUT2D eigenvalue weighted by Gasteiger charge is 2.21. The number of hydrogen-bond acceptors (Lipinski definition) is 3. The van der Waals surface area contributed by atoms with Crippen LogP contribution < -0.4 is 5.73 Å². The minimum atomic E-state index is -1.10. The van der Waals surface area contributed by atoms with Crippen LogP contribution in [0, 0.1) is 12.8 Å². The molecule has 0 aliphatic carbocycles. The van der Waals surface area contributed by atoms with Crippen LogP contribution in [-0.2, 0) is 16.0 Å². The maximum Gasteiger partial charge on any atom is 0.320 e. The van der Waals surface area contributed by atoms with Gasteiger partial charge in [0.1, 0.15) is 6.04 Å². The van der Waals surface area contributed by atoms with Gasteiger partial charge in [0.15, 0.2) is 0 Å². The third kappa shape index (κ3) is 7.46. The summed E-state index contributed by atoms with van der Waals surface area (Å²) in [7, 11) is 0. The minimum Gasteiger partial charge on any atom is -0.481 e. The SMILES string of the molecule is CC.Cc1ccc(CC(CCC(N)C(=O)O)C(=O)O)cc1. The lowest BCUT2D eigenvalue weighted by molar-refractivity contribution is -0.143. The lowest BCUT2D eigenvalue weighted by atomic mass is 9.93. The molecule has 0 fully saturated rings. The molecule has 1 aromatic rings. The van der Waals surface area contributed by atoms with Gasteiger partial charge in [-0.15, -0.1) is 0 Å².